The molecule has 154 valence electrons. The van der Waals surface area contributed by atoms with E-state index < -0.39 is 6.61 Å². The van der Waals surface area contributed by atoms with Crippen LogP contribution in [-0.4, -0.2) is 24.5 Å². The first kappa shape index (κ1) is 21.5. The van der Waals surface area contributed by atoms with Gasteiger partial charge in [-0.25, -0.2) is 4.98 Å². The van der Waals surface area contributed by atoms with Crippen LogP contribution in [0, 0.1) is 0 Å². The zero-order valence-corrected chi connectivity index (χ0v) is 16.9. The Labute approximate surface area is 177 Å². The van der Waals surface area contributed by atoms with E-state index in [1.807, 2.05) is 36.4 Å². The number of pyridine rings is 1. The lowest BCUT2D eigenvalue weighted by atomic mass is 10.1. The summed E-state index contributed by atoms with van der Waals surface area (Å²) in [4.78, 5) is 16.7. The van der Waals surface area contributed by atoms with Crippen molar-refractivity contribution in [2.45, 2.75) is 17.4 Å². The number of alkyl halides is 2. The predicted molar refractivity (Wildman–Crippen MR) is 113 cm³/mol. The third-order valence-corrected chi connectivity index (χ3v) is 5.08. The number of allylic oxidation sites excluding steroid dienone is 1. The molecule has 4 nitrogen and oxygen atoms in total. The Morgan fingerprint density at radius 2 is 2.00 bits per heavy atom. The van der Waals surface area contributed by atoms with Crippen LogP contribution in [0.2, 0.25) is 0 Å². The fourth-order valence-corrected chi connectivity index (χ4v) is 3.53. The standard InChI is InChI=1S/C23H19F2NO3S/c1-28-21-11-9-16(13-18(21)15-30-22-7-2-3-12-26-22)8-10-20(27)17-5-4-6-19(14-17)29-23(24)25/h2-14,23H,15H2,1H3/b10-8+. The Hall–Kier alpha value is -3.19. The number of aromatic nitrogens is 1. The van der Waals surface area contributed by atoms with Crippen LogP contribution in [-0.2, 0) is 5.75 Å². The highest BCUT2D eigenvalue weighted by Crippen LogP contribution is 2.28. The summed E-state index contributed by atoms with van der Waals surface area (Å²) in [5.41, 5.74) is 2.06. The van der Waals surface area contributed by atoms with Gasteiger partial charge >= 0.3 is 6.61 Å². The highest BCUT2D eigenvalue weighted by Gasteiger charge is 2.09. The summed E-state index contributed by atoms with van der Waals surface area (Å²) >= 11 is 1.58. The van der Waals surface area contributed by atoms with Gasteiger partial charge in [-0.3, -0.25) is 4.79 Å². The Bertz CT molecular complexity index is 1030. The van der Waals surface area contributed by atoms with Crippen molar-refractivity contribution in [2.75, 3.05) is 7.11 Å². The van der Waals surface area contributed by atoms with Gasteiger partial charge in [0.1, 0.15) is 11.5 Å². The van der Waals surface area contributed by atoms with Gasteiger partial charge in [-0.15, -0.1) is 11.8 Å². The van der Waals surface area contributed by atoms with Gasteiger partial charge in [-0.05, 0) is 48.0 Å². The van der Waals surface area contributed by atoms with Gasteiger partial charge in [-0.2, -0.15) is 8.78 Å². The minimum absolute atomic E-state index is 0.0532. The first-order chi connectivity index (χ1) is 14.5. The van der Waals surface area contributed by atoms with Gasteiger partial charge < -0.3 is 9.47 Å². The van der Waals surface area contributed by atoms with Crippen LogP contribution in [0.5, 0.6) is 11.5 Å². The summed E-state index contributed by atoms with van der Waals surface area (Å²) in [5, 5.41) is 0.904. The molecule has 30 heavy (non-hydrogen) atoms. The van der Waals surface area contributed by atoms with E-state index in [1.165, 1.54) is 24.3 Å². The van der Waals surface area contributed by atoms with E-state index in [0.717, 1.165) is 21.9 Å². The van der Waals surface area contributed by atoms with Crippen LogP contribution < -0.4 is 9.47 Å². The first-order valence-electron chi connectivity index (χ1n) is 9.03. The molecule has 0 radical (unpaired) electrons. The molecule has 0 aliphatic carbocycles. The van der Waals surface area contributed by atoms with Crippen LogP contribution in [0.4, 0.5) is 8.78 Å². The van der Waals surface area contributed by atoms with Crippen LogP contribution in [0.25, 0.3) is 6.08 Å². The molecule has 2 aromatic carbocycles. The molecule has 0 atom stereocenters. The summed E-state index contributed by atoms with van der Waals surface area (Å²) in [6.45, 7) is -2.94. The van der Waals surface area contributed by atoms with Crippen molar-refractivity contribution < 1.29 is 23.0 Å². The lowest BCUT2D eigenvalue weighted by Gasteiger charge is -2.09. The molecule has 0 bridgehead atoms. The van der Waals surface area contributed by atoms with E-state index in [9.17, 15) is 13.6 Å². The second-order valence-corrected chi connectivity index (χ2v) is 7.13. The van der Waals surface area contributed by atoms with Crippen molar-refractivity contribution in [2.24, 2.45) is 0 Å². The van der Waals surface area contributed by atoms with E-state index in [4.69, 9.17) is 4.74 Å². The monoisotopic (exact) mass is 427 g/mol. The molecule has 0 aliphatic heterocycles. The molecule has 0 saturated carbocycles. The average Bonchev–Trinajstić information content (AvgIpc) is 2.76. The van der Waals surface area contributed by atoms with Gasteiger partial charge in [0.15, 0.2) is 5.78 Å². The molecule has 7 heteroatoms. The molecule has 0 aliphatic rings. The summed E-state index contributed by atoms with van der Waals surface area (Å²) in [5.74, 6) is 1.04. The quantitative estimate of drug-likeness (QED) is 0.242. The van der Waals surface area contributed by atoms with Crippen LogP contribution in [0.15, 0.2) is 78.0 Å². The number of thioether (sulfide) groups is 1. The number of hydrogen-bond donors (Lipinski definition) is 0. The van der Waals surface area contributed by atoms with Crippen molar-refractivity contribution in [3.05, 3.63) is 89.6 Å². The number of nitrogens with zero attached hydrogens (tertiary/aromatic N) is 1. The second-order valence-electron chi connectivity index (χ2n) is 6.13. The lowest BCUT2D eigenvalue weighted by molar-refractivity contribution is -0.0498. The highest BCUT2D eigenvalue weighted by atomic mass is 32.2. The summed E-state index contributed by atoms with van der Waals surface area (Å²) in [6, 6.07) is 17.1. The fourth-order valence-electron chi connectivity index (χ4n) is 2.69. The number of ether oxygens (including phenoxy) is 2. The topological polar surface area (TPSA) is 48.4 Å². The maximum atomic E-state index is 12.4. The van der Waals surface area contributed by atoms with Gasteiger partial charge in [0, 0.05) is 23.1 Å². The Morgan fingerprint density at radius 3 is 2.73 bits per heavy atom. The second kappa shape index (κ2) is 10.5. The van der Waals surface area contributed by atoms with Gasteiger partial charge in [0.25, 0.3) is 0 Å². The Kier molecular flexibility index (Phi) is 7.57. The van der Waals surface area contributed by atoms with Crippen molar-refractivity contribution in [1.82, 2.24) is 4.98 Å². The van der Waals surface area contributed by atoms with Crippen LogP contribution in [0.3, 0.4) is 0 Å². The molecule has 3 rings (SSSR count). The van der Waals surface area contributed by atoms with E-state index >= 15 is 0 Å². The van der Waals surface area contributed by atoms with Crippen molar-refractivity contribution in [3.8, 4) is 11.5 Å². The first-order valence-corrected chi connectivity index (χ1v) is 10.0. The number of rotatable bonds is 9. The molecule has 1 heterocycles. The van der Waals surface area contributed by atoms with Gasteiger partial charge in [0.05, 0.1) is 12.1 Å². The molecule has 0 unspecified atom stereocenters. The normalized spacial score (nSPS) is 11.1. The number of benzene rings is 2. The predicted octanol–water partition coefficient (Wildman–Crippen LogP) is 5.88. The molecule has 3 aromatic rings. The SMILES string of the molecule is COc1ccc(/C=C/C(=O)c2cccc(OC(F)F)c2)cc1CSc1ccccn1. The maximum Gasteiger partial charge on any atom is 0.387 e. The third kappa shape index (κ3) is 6.15. The number of carbonyl (C=O) groups is 1. The molecular weight excluding hydrogens is 408 g/mol. The molecule has 0 amide bonds. The average molecular weight is 427 g/mol. The maximum absolute atomic E-state index is 12.4. The number of methoxy groups -OCH3 is 1. The molecular formula is C23H19F2NO3S. The minimum atomic E-state index is -2.94. The number of hydrogen-bond acceptors (Lipinski definition) is 5. The van der Waals surface area contributed by atoms with Gasteiger partial charge in [-0.1, -0.05) is 30.3 Å². The fraction of sp³-hybridized carbons (Fsp3) is 0.130. The third-order valence-electron chi connectivity index (χ3n) is 4.09. The molecule has 0 N–H and O–H groups in total. The Morgan fingerprint density at radius 1 is 1.13 bits per heavy atom. The van der Waals surface area contributed by atoms with Crippen LogP contribution >= 0.6 is 11.8 Å². The summed E-state index contributed by atoms with van der Waals surface area (Å²) in [6.07, 6.45) is 4.82. The van der Waals surface area contributed by atoms with Gasteiger partial charge in [0.2, 0.25) is 0 Å². The van der Waals surface area contributed by atoms with E-state index in [-0.39, 0.29) is 17.1 Å². The largest absolute Gasteiger partial charge is 0.496 e. The van der Waals surface area contributed by atoms with Crippen molar-refractivity contribution in [3.63, 3.8) is 0 Å². The van der Waals surface area contributed by atoms with E-state index in [2.05, 4.69) is 9.72 Å². The van der Waals surface area contributed by atoms with Crippen LogP contribution in [0.1, 0.15) is 21.5 Å². The highest BCUT2D eigenvalue weighted by molar-refractivity contribution is 7.98. The molecule has 0 saturated heterocycles. The zero-order valence-electron chi connectivity index (χ0n) is 16.1. The summed E-state index contributed by atoms with van der Waals surface area (Å²) in [7, 11) is 1.61. The van der Waals surface area contributed by atoms with E-state index in [1.54, 1.807) is 37.2 Å². The smallest absolute Gasteiger partial charge is 0.387 e. The lowest BCUT2D eigenvalue weighted by Crippen LogP contribution is -2.03. The molecule has 0 spiro atoms. The zero-order chi connectivity index (χ0) is 21.3. The number of ketones is 1. The minimum Gasteiger partial charge on any atom is -0.496 e. The number of carbonyl (C=O) groups excluding carboxylic acids is 1. The van der Waals surface area contributed by atoms with Crippen molar-refractivity contribution >= 4 is 23.6 Å². The number of halogens is 2. The van der Waals surface area contributed by atoms with Crippen molar-refractivity contribution in [1.29, 1.82) is 0 Å². The van der Waals surface area contributed by atoms with E-state index in [0.29, 0.717) is 5.75 Å². The molecule has 1 aromatic heterocycles. The Balaban J connectivity index is 1.72. The molecule has 0 fully saturated rings. The summed E-state index contributed by atoms with van der Waals surface area (Å²) < 4.78 is 34.5.